The lowest BCUT2D eigenvalue weighted by Gasteiger charge is -2.23. The van der Waals surface area contributed by atoms with Crippen molar-refractivity contribution in [2.24, 2.45) is 0 Å². The van der Waals surface area contributed by atoms with E-state index in [1.54, 1.807) is 6.92 Å². The van der Waals surface area contributed by atoms with Gasteiger partial charge in [-0.3, -0.25) is 0 Å². The summed E-state index contributed by atoms with van der Waals surface area (Å²) >= 11 is 0. The molecule has 1 aliphatic heterocycles. The molecule has 0 fully saturated rings. The second kappa shape index (κ2) is 5.32. The number of ether oxygens (including phenoxy) is 1. The Balaban J connectivity index is 1.89. The van der Waals surface area contributed by atoms with Crippen LogP contribution >= 0.6 is 0 Å². The van der Waals surface area contributed by atoms with Crippen molar-refractivity contribution in [3.63, 3.8) is 0 Å². The number of nitrogens with one attached hydrogen (secondary N) is 1. The van der Waals surface area contributed by atoms with Crippen LogP contribution in [0, 0.1) is 0 Å². The summed E-state index contributed by atoms with van der Waals surface area (Å²) in [5.41, 5.74) is 2.18. The minimum absolute atomic E-state index is 0.0159. The molecule has 1 atom stereocenters. The number of hydrogen-bond donors (Lipinski definition) is 1. The molecule has 0 aliphatic carbocycles. The first-order chi connectivity index (χ1) is 9.79. The lowest BCUT2D eigenvalue weighted by atomic mass is 9.91. The monoisotopic (exact) mass is 273 g/mol. The maximum atomic E-state index is 11.6. The Morgan fingerprint density at radius 2 is 2.35 bits per heavy atom. The zero-order valence-corrected chi connectivity index (χ0v) is 11.1. The molecule has 2 heterocycles. The predicted octanol–water partition coefficient (Wildman–Crippen LogP) is 2.19. The second-order valence-electron chi connectivity index (χ2n) is 4.53. The zero-order valence-electron chi connectivity index (χ0n) is 11.1. The van der Waals surface area contributed by atoms with Gasteiger partial charge in [0, 0.05) is 12.2 Å². The summed E-state index contributed by atoms with van der Waals surface area (Å²) in [7, 11) is 0. The van der Waals surface area contributed by atoms with Crippen LogP contribution in [-0.2, 0) is 4.74 Å². The molecule has 0 radical (unpaired) electrons. The minimum atomic E-state index is -0.551. The van der Waals surface area contributed by atoms with Gasteiger partial charge in [-0.25, -0.2) is 4.79 Å². The molecule has 0 spiro atoms. The lowest BCUT2D eigenvalue weighted by molar-refractivity contribution is 0.0508. The van der Waals surface area contributed by atoms with Crippen molar-refractivity contribution < 1.29 is 14.1 Å². The number of carbonyl (C=O) groups excluding carboxylic acids is 1. The summed E-state index contributed by atoms with van der Waals surface area (Å²) in [5.74, 6) is -0.0901. The van der Waals surface area contributed by atoms with E-state index in [1.165, 1.54) is 0 Å². The van der Waals surface area contributed by atoms with Crippen LogP contribution in [0.3, 0.4) is 0 Å². The number of anilines is 1. The summed E-state index contributed by atoms with van der Waals surface area (Å²) in [6.07, 6.45) is 0.849. The Morgan fingerprint density at radius 3 is 3.20 bits per heavy atom. The molecule has 6 nitrogen and oxygen atoms in total. The first-order valence-corrected chi connectivity index (χ1v) is 6.63. The summed E-state index contributed by atoms with van der Waals surface area (Å²) < 4.78 is 10.1. The highest BCUT2D eigenvalue weighted by atomic mass is 16.5. The Labute approximate surface area is 116 Å². The minimum Gasteiger partial charge on any atom is -0.460 e. The second-order valence-corrected chi connectivity index (χ2v) is 4.53. The molecule has 2 aromatic rings. The molecule has 3 rings (SSSR count). The number of rotatable bonds is 3. The smallest absolute Gasteiger partial charge is 0.379 e. The molecular formula is C14H15N3O3. The molecule has 20 heavy (non-hydrogen) atoms. The molecule has 1 unspecified atom stereocenters. The third-order valence-corrected chi connectivity index (χ3v) is 3.28. The van der Waals surface area contributed by atoms with Gasteiger partial charge in [-0.05, 0) is 30.1 Å². The maximum Gasteiger partial charge on any atom is 0.379 e. The molecule has 0 saturated heterocycles. The van der Waals surface area contributed by atoms with E-state index in [0.717, 1.165) is 24.2 Å². The summed E-state index contributed by atoms with van der Waals surface area (Å²) in [5, 5.41) is 7.03. The maximum absolute atomic E-state index is 11.6. The zero-order chi connectivity index (χ0) is 13.9. The van der Waals surface area contributed by atoms with E-state index in [1.807, 2.05) is 24.3 Å². The normalized spacial score (nSPS) is 17.1. The fourth-order valence-corrected chi connectivity index (χ4v) is 2.38. The number of aromatic nitrogens is 2. The fourth-order valence-electron chi connectivity index (χ4n) is 2.38. The van der Waals surface area contributed by atoms with Crippen LogP contribution in [0.25, 0.3) is 0 Å². The van der Waals surface area contributed by atoms with Gasteiger partial charge in [0.2, 0.25) is 5.89 Å². The molecule has 6 heteroatoms. The highest BCUT2D eigenvalue weighted by Crippen LogP contribution is 2.35. The van der Waals surface area contributed by atoms with Gasteiger partial charge >= 0.3 is 5.97 Å². The van der Waals surface area contributed by atoms with Gasteiger partial charge < -0.3 is 14.6 Å². The molecule has 1 aromatic heterocycles. The van der Waals surface area contributed by atoms with E-state index in [4.69, 9.17) is 9.26 Å². The van der Waals surface area contributed by atoms with E-state index in [-0.39, 0.29) is 11.7 Å². The van der Waals surface area contributed by atoms with Gasteiger partial charge in [-0.1, -0.05) is 18.2 Å². The van der Waals surface area contributed by atoms with Gasteiger partial charge in [0.15, 0.2) is 0 Å². The van der Waals surface area contributed by atoms with Gasteiger partial charge in [-0.15, -0.1) is 0 Å². The van der Waals surface area contributed by atoms with Crippen molar-refractivity contribution in [3.05, 3.63) is 41.5 Å². The average molecular weight is 273 g/mol. The Bertz CT molecular complexity index is 624. The quantitative estimate of drug-likeness (QED) is 0.864. The van der Waals surface area contributed by atoms with Crippen molar-refractivity contribution in [2.75, 3.05) is 18.5 Å². The first-order valence-electron chi connectivity index (χ1n) is 6.63. The number of hydrogen-bond acceptors (Lipinski definition) is 6. The molecule has 0 saturated carbocycles. The van der Waals surface area contributed by atoms with Crippen molar-refractivity contribution in [1.82, 2.24) is 10.1 Å². The van der Waals surface area contributed by atoms with Crippen LogP contribution in [0.15, 0.2) is 28.8 Å². The van der Waals surface area contributed by atoms with Crippen molar-refractivity contribution in [3.8, 4) is 0 Å². The number of nitrogens with zero attached hydrogens (tertiary/aromatic N) is 2. The molecule has 104 valence electrons. The van der Waals surface area contributed by atoms with E-state index in [9.17, 15) is 4.79 Å². The summed E-state index contributed by atoms with van der Waals surface area (Å²) in [6, 6.07) is 8.00. The van der Waals surface area contributed by atoms with Crippen LogP contribution in [0.2, 0.25) is 0 Å². The van der Waals surface area contributed by atoms with Gasteiger partial charge in [0.05, 0.1) is 12.5 Å². The van der Waals surface area contributed by atoms with Crippen molar-refractivity contribution in [2.45, 2.75) is 19.3 Å². The third kappa shape index (κ3) is 2.24. The van der Waals surface area contributed by atoms with E-state index in [0.29, 0.717) is 12.5 Å². The van der Waals surface area contributed by atoms with Gasteiger partial charge in [0.25, 0.3) is 5.82 Å². The summed E-state index contributed by atoms with van der Waals surface area (Å²) in [6.45, 7) is 2.86. The highest BCUT2D eigenvalue weighted by Gasteiger charge is 2.27. The molecule has 1 aliphatic rings. The Kier molecular flexibility index (Phi) is 3.37. The molecule has 0 bridgehead atoms. The van der Waals surface area contributed by atoms with Crippen LogP contribution < -0.4 is 5.32 Å². The van der Waals surface area contributed by atoms with Crippen LogP contribution in [0.4, 0.5) is 5.69 Å². The van der Waals surface area contributed by atoms with Crippen molar-refractivity contribution in [1.29, 1.82) is 0 Å². The van der Waals surface area contributed by atoms with Crippen LogP contribution in [-0.4, -0.2) is 29.3 Å². The standard InChI is InChI=1S/C14H15N3O3/c1-2-19-14(18)12-16-13(20-17-12)10-7-8-15-11-6-4-3-5-9(10)11/h3-6,10,15H,2,7-8H2,1H3. The Morgan fingerprint density at radius 1 is 1.50 bits per heavy atom. The largest absolute Gasteiger partial charge is 0.460 e. The number of benzene rings is 1. The van der Waals surface area contributed by atoms with Crippen molar-refractivity contribution >= 4 is 11.7 Å². The Hall–Kier alpha value is -2.37. The van der Waals surface area contributed by atoms with Crippen LogP contribution in [0.5, 0.6) is 0 Å². The molecule has 0 amide bonds. The first kappa shape index (κ1) is 12.7. The van der Waals surface area contributed by atoms with E-state index < -0.39 is 5.97 Å². The number of fused-ring (bicyclic) bond motifs is 1. The van der Waals surface area contributed by atoms with Gasteiger partial charge in [0.1, 0.15) is 0 Å². The lowest BCUT2D eigenvalue weighted by Crippen LogP contribution is -2.18. The highest BCUT2D eigenvalue weighted by molar-refractivity contribution is 5.84. The molecule has 1 aromatic carbocycles. The number of para-hydroxylation sites is 1. The van der Waals surface area contributed by atoms with Gasteiger partial charge in [-0.2, -0.15) is 4.98 Å². The third-order valence-electron chi connectivity index (χ3n) is 3.28. The molecule has 1 N–H and O–H groups in total. The molecular weight excluding hydrogens is 258 g/mol. The predicted molar refractivity (Wildman–Crippen MR) is 71.6 cm³/mol. The number of carbonyl (C=O) groups is 1. The van der Waals surface area contributed by atoms with Crippen LogP contribution in [0.1, 0.15) is 41.3 Å². The topological polar surface area (TPSA) is 77.2 Å². The van der Waals surface area contributed by atoms with E-state index >= 15 is 0 Å². The SMILES string of the molecule is CCOC(=O)c1noc(C2CCNc3ccccc32)n1. The summed E-state index contributed by atoms with van der Waals surface area (Å²) in [4.78, 5) is 15.7. The fraction of sp³-hybridized carbons (Fsp3) is 0.357. The van der Waals surface area contributed by atoms with E-state index in [2.05, 4.69) is 15.5 Å². The average Bonchev–Trinajstić information content (AvgIpc) is 2.97. The number of esters is 1.